The molecule has 2 aliphatic heterocycles. The molecule has 7 heteroatoms. The lowest BCUT2D eigenvalue weighted by Crippen LogP contribution is -2.14. The number of aromatic hydroxyl groups is 1. The van der Waals surface area contributed by atoms with Crippen LogP contribution in [0, 0.1) is 0 Å². The molecule has 3 aromatic rings. The van der Waals surface area contributed by atoms with Crippen molar-refractivity contribution in [1.29, 1.82) is 0 Å². The van der Waals surface area contributed by atoms with Crippen LogP contribution in [0.3, 0.4) is 0 Å². The van der Waals surface area contributed by atoms with Gasteiger partial charge in [-0.3, -0.25) is 4.79 Å². The molecule has 0 amide bonds. The third-order valence-electron chi connectivity index (χ3n) is 4.58. The van der Waals surface area contributed by atoms with E-state index in [2.05, 4.69) is 0 Å². The summed E-state index contributed by atoms with van der Waals surface area (Å²) in [6.45, 7) is 0. The molecule has 0 radical (unpaired) electrons. The Balaban J connectivity index is 1.94. The number of ether oxygens (including phenoxy) is 3. The second-order valence-corrected chi connectivity index (χ2v) is 6.28. The lowest BCUT2D eigenvalue weighted by atomic mass is 9.97. The van der Waals surface area contributed by atoms with E-state index in [-0.39, 0.29) is 38.8 Å². The lowest BCUT2D eigenvalue weighted by molar-refractivity contribution is -0.00481. The minimum atomic E-state index is -0.536. The maximum Gasteiger partial charge on any atom is 0.250 e. The van der Waals surface area contributed by atoms with Gasteiger partial charge in [0, 0.05) is 6.07 Å². The van der Waals surface area contributed by atoms with E-state index in [0.717, 1.165) is 0 Å². The summed E-state index contributed by atoms with van der Waals surface area (Å²) in [5, 5.41) is 11.3. The molecule has 2 aliphatic rings. The Kier molecular flexibility index (Phi) is 2.80. The summed E-state index contributed by atoms with van der Waals surface area (Å²) in [6, 6.07) is 4.78. The monoisotopic (exact) mass is 358 g/mol. The van der Waals surface area contributed by atoms with Crippen molar-refractivity contribution in [2.75, 3.05) is 7.11 Å². The fraction of sp³-hybridized carbons (Fsp3) is 0.167. The van der Waals surface area contributed by atoms with Gasteiger partial charge in [0.05, 0.1) is 29.9 Å². The third kappa shape index (κ3) is 1.77. The Morgan fingerprint density at radius 2 is 2.08 bits per heavy atom. The molecule has 0 aliphatic carbocycles. The molecule has 3 heterocycles. The Morgan fingerprint density at radius 3 is 2.88 bits per heavy atom. The number of hydrogen-bond acceptors (Lipinski definition) is 6. The van der Waals surface area contributed by atoms with Gasteiger partial charge in [0.1, 0.15) is 33.4 Å². The molecule has 0 spiro atoms. The van der Waals surface area contributed by atoms with Crippen molar-refractivity contribution in [3.05, 3.63) is 51.3 Å². The van der Waals surface area contributed by atoms with Crippen LogP contribution in [0.4, 0.5) is 0 Å². The van der Waals surface area contributed by atoms with Gasteiger partial charge in [-0.1, -0.05) is 11.6 Å². The van der Waals surface area contributed by atoms with Gasteiger partial charge in [-0.05, 0) is 18.2 Å². The number of methoxy groups -OCH3 is 1. The molecule has 1 N–H and O–H groups in total. The number of rotatable bonds is 1. The van der Waals surface area contributed by atoms with Gasteiger partial charge >= 0.3 is 0 Å². The molecule has 5 rings (SSSR count). The Bertz CT molecular complexity index is 1150. The number of phenols is 1. The summed E-state index contributed by atoms with van der Waals surface area (Å²) in [5.74, 6) is 0.212. The van der Waals surface area contributed by atoms with Gasteiger partial charge in [-0.25, -0.2) is 0 Å². The highest BCUT2D eigenvalue weighted by molar-refractivity contribution is 6.33. The van der Waals surface area contributed by atoms with Crippen LogP contribution in [0.5, 0.6) is 17.2 Å². The highest BCUT2D eigenvalue weighted by Gasteiger charge is 2.40. The zero-order chi connectivity index (χ0) is 17.3. The van der Waals surface area contributed by atoms with Gasteiger partial charge in [0.2, 0.25) is 5.43 Å². The van der Waals surface area contributed by atoms with E-state index >= 15 is 0 Å². The first-order valence-corrected chi connectivity index (χ1v) is 7.95. The fourth-order valence-corrected chi connectivity index (χ4v) is 3.71. The smallest absolute Gasteiger partial charge is 0.250 e. The largest absolute Gasteiger partial charge is 0.507 e. The molecule has 2 atom stereocenters. The van der Waals surface area contributed by atoms with Crippen molar-refractivity contribution < 1.29 is 23.7 Å². The molecular formula is C18H11ClO6. The van der Waals surface area contributed by atoms with Crippen molar-refractivity contribution >= 4 is 33.5 Å². The second-order valence-electron chi connectivity index (χ2n) is 5.87. The average Bonchev–Trinajstić information content (AvgIpc) is 3.15. The Morgan fingerprint density at radius 1 is 1.24 bits per heavy atom. The molecule has 2 aromatic carbocycles. The SMILES string of the molecule is COc1c(Cl)ccc2oc3cc4c(c(O)c3c(=O)c12)[C@H]1C=CO[C@H]1O4. The normalized spacial score (nSPS) is 20.4. The first-order chi connectivity index (χ1) is 12.1. The van der Waals surface area contributed by atoms with Gasteiger partial charge in [0.15, 0.2) is 5.75 Å². The number of hydrogen-bond donors (Lipinski definition) is 1. The van der Waals surface area contributed by atoms with Crippen LogP contribution in [-0.2, 0) is 4.74 Å². The average molecular weight is 359 g/mol. The number of benzene rings is 2. The minimum absolute atomic E-state index is 0.0661. The molecular weight excluding hydrogens is 348 g/mol. The van der Waals surface area contributed by atoms with Gasteiger partial charge in [-0.15, -0.1) is 0 Å². The Hall–Kier alpha value is -2.86. The minimum Gasteiger partial charge on any atom is -0.507 e. The van der Waals surface area contributed by atoms with Crippen LogP contribution in [0.25, 0.3) is 21.9 Å². The molecule has 0 unspecified atom stereocenters. The van der Waals surface area contributed by atoms with Crippen LogP contribution in [0.1, 0.15) is 11.5 Å². The first kappa shape index (κ1) is 14.5. The topological polar surface area (TPSA) is 78.1 Å². The van der Waals surface area contributed by atoms with Gasteiger partial charge in [-0.2, -0.15) is 0 Å². The summed E-state index contributed by atoms with van der Waals surface area (Å²) in [7, 11) is 1.42. The van der Waals surface area contributed by atoms with E-state index in [9.17, 15) is 9.90 Å². The molecule has 6 nitrogen and oxygen atoms in total. The van der Waals surface area contributed by atoms with E-state index in [1.54, 1.807) is 24.3 Å². The first-order valence-electron chi connectivity index (χ1n) is 7.58. The van der Waals surface area contributed by atoms with Crippen LogP contribution < -0.4 is 14.9 Å². The zero-order valence-electron chi connectivity index (χ0n) is 12.9. The lowest BCUT2D eigenvalue weighted by Gasteiger charge is -2.10. The van der Waals surface area contributed by atoms with E-state index in [1.807, 2.05) is 0 Å². The number of phenolic OH excluding ortho intramolecular Hbond substituents is 1. The van der Waals surface area contributed by atoms with Crippen LogP contribution >= 0.6 is 11.6 Å². The predicted molar refractivity (Wildman–Crippen MR) is 90.6 cm³/mol. The fourth-order valence-electron chi connectivity index (χ4n) is 3.48. The molecule has 126 valence electrons. The molecule has 0 saturated carbocycles. The van der Waals surface area contributed by atoms with Gasteiger partial charge in [0.25, 0.3) is 6.29 Å². The predicted octanol–water partition coefficient (Wildman–Crippen LogP) is 3.66. The Labute approximate surface area is 145 Å². The van der Waals surface area contributed by atoms with Crippen LogP contribution in [-0.4, -0.2) is 18.5 Å². The maximum atomic E-state index is 13.1. The summed E-state index contributed by atoms with van der Waals surface area (Å²) in [5.41, 5.74) is 0.635. The second kappa shape index (κ2) is 4.83. The third-order valence-corrected chi connectivity index (χ3v) is 4.88. The number of halogens is 1. The van der Waals surface area contributed by atoms with Crippen molar-refractivity contribution in [3.63, 3.8) is 0 Å². The molecule has 0 fully saturated rings. The standard InChI is InChI=1S/C18H11ClO6/c1-22-17-8(19)2-3-9-14(17)16(21)13-11(24-9)6-10-12(15(13)20)7-4-5-23-18(7)25-10/h2-7,18,20H,1H3/t7-,18+/m1/s1. The van der Waals surface area contributed by atoms with Crippen molar-refractivity contribution in [3.8, 4) is 17.2 Å². The van der Waals surface area contributed by atoms with Crippen molar-refractivity contribution in [2.45, 2.75) is 12.2 Å². The summed E-state index contributed by atoms with van der Waals surface area (Å²) in [4.78, 5) is 13.1. The van der Waals surface area contributed by atoms with E-state index in [1.165, 1.54) is 13.4 Å². The summed E-state index contributed by atoms with van der Waals surface area (Å²) >= 11 is 6.12. The molecule has 25 heavy (non-hydrogen) atoms. The van der Waals surface area contributed by atoms with Gasteiger partial charge < -0.3 is 23.7 Å². The quantitative estimate of drug-likeness (QED) is 0.669. The number of fused-ring (bicyclic) bond motifs is 5. The summed E-state index contributed by atoms with van der Waals surface area (Å²) in [6.07, 6.45) is 2.77. The molecule has 1 aromatic heterocycles. The van der Waals surface area contributed by atoms with Crippen LogP contribution in [0.2, 0.25) is 5.02 Å². The van der Waals surface area contributed by atoms with E-state index in [4.69, 9.17) is 30.2 Å². The van der Waals surface area contributed by atoms with Crippen molar-refractivity contribution in [1.82, 2.24) is 0 Å². The molecule has 0 bridgehead atoms. The van der Waals surface area contributed by atoms with E-state index in [0.29, 0.717) is 16.9 Å². The highest BCUT2D eigenvalue weighted by Crippen LogP contribution is 2.49. The zero-order valence-corrected chi connectivity index (χ0v) is 13.7. The molecule has 0 saturated heterocycles. The maximum absolute atomic E-state index is 13.1. The highest BCUT2D eigenvalue weighted by atomic mass is 35.5. The van der Waals surface area contributed by atoms with Crippen molar-refractivity contribution in [2.24, 2.45) is 0 Å². The summed E-state index contributed by atoms with van der Waals surface area (Å²) < 4.78 is 22.1. The van der Waals surface area contributed by atoms with Crippen LogP contribution in [0.15, 0.2) is 39.7 Å². The van der Waals surface area contributed by atoms with E-state index < -0.39 is 11.7 Å².